The predicted molar refractivity (Wildman–Crippen MR) is 71.3 cm³/mol. The summed E-state index contributed by atoms with van der Waals surface area (Å²) < 4.78 is 7.24. The van der Waals surface area contributed by atoms with Crippen LogP contribution in [0.2, 0.25) is 0 Å². The van der Waals surface area contributed by atoms with Gasteiger partial charge in [0, 0.05) is 26.4 Å². The Balaban J connectivity index is 1.99. The van der Waals surface area contributed by atoms with Crippen LogP contribution in [-0.4, -0.2) is 41.0 Å². The molecule has 1 aromatic heterocycles. The molecule has 96 valence electrons. The molecular weight excluding hydrogens is 234 g/mol. The molecule has 2 rings (SSSR count). The lowest BCUT2D eigenvalue weighted by atomic mass is 10.1. The first kappa shape index (κ1) is 12.9. The summed E-state index contributed by atoms with van der Waals surface area (Å²) in [5.41, 5.74) is 1.20. The molecule has 5 heteroatoms. The summed E-state index contributed by atoms with van der Waals surface area (Å²) in [7, 11) is 3.73. The van der Waals surface area contributed by atoms with E-state index in [1.54, 1.807) is 7.11 Å². The SMILES string of the molecule is COC[C@H](NC1CCSCC1)c1ccnn1C. The van der Waals surface area contributed by atoms with Crippen LogP contribution in [0.3, 0.4) is 0 Å². The van der Waals surface area contributed by atoms with Gasteiger partial charge in [-0.1, -0.05) is 0 Å². The van der Waals surface area contributed by atoms with E-state index >= 15 is 0 Å². The van der Waals surface area contributed by atoms with Crippen LogP contribution in [0.25, 0.3) is 0 Å². The predicted octanol–water partition coefficient (Wildman–Crippen LogP) is 1.59. The van der Waals surface area contributed by atoms with Crippen molar-refractivity contribution in [1.29, 1.82) is 0 Å². The highest BCUT2D eigenvalue weighted by Gasteiger charge is 2.21. The zero-order valence-corrected chi connectivity index (χ0v) is 11.4. The van der Waals surface area contributed by atoms with Crippen molar-refractivity contribution in [3.05, 3.63) is 18.0 Å². The second kappa shape index (κ2) is 6.42. The number of aromatic nitrogens is 2. The average Bonchev–Trinajstić information content (AvgIpc) is 2.76. The number of thioether (sulfide) groups is 1. The Morgan fingerprint density at radius 2 is 2.35 bits per heavy atom. The zero-order valence-electron chi connectivity index (χ0n) is 10.6. The summed E-state index contributed by atoms with van der Waals surface area (Å²) >= 11 is 2.05. The maximum absolute atomic E-state index is 5.32. The molecule has 17 heavy (non-hydrogen) atoms. The molecule has 0 saturated carbocycles. The summed E-state index contributed by atoms with van der Waals surface area (Å²) in [5.74, 6) is 2.53. The van der Waals surface area contributed by atoms with E-state index in [-0.39, 0.29) is 6.04 Å². The van der Waals surface area contributed by atoms with Gasteiger partial charge in [-0.05, 0) is 30.4 Å². The number of methoxy groups -OCH3 is 1. The van der Waals surface area contributed by atoms with E-state index in [1.807, 2.05) is 17.9 Å². The van der Waals surface area contributed by atoms with E-state index in [2.05, 4.69) is 28.2 Å². The van der Waals surface area contributed by atoms with Gasteiger partial charge in [-0.2, -0.15) is 16.9 Å². The normalized spacial score (nSPS) is 19.4. The summed E-state index contributed by atoms with van der Waals surface area (Å²) in [6, 6.07) is 2.93. The zero-order chi connectivity index (χ0) is 12.1. The highest BCUT2D eigenvalue weighted by Crippen LogP contribution is 2.21. The highest BCUT2D eigenvalue weighted by molar-refractivity contribution is 7.99. The van der Waals surface area contributed by atoms with Crippen molar-refractivity contribution >= 4 is 11.8 Å². The fraction of sp³-hybridized carbons (Fsp3) is 0.750. The molecule has 1 saturated heterocycles. The molecule has 1 aromatic rings. The molecule has 1 aliphatic rings. The number of hydrogen-bond donors (Lipinski definition) is 1. The van der Waals surface area contributed by atoms with Crippen LogP contribution in [-0.2, 0) is 11.8 Å². The standard InChI is InChI=1S/C12H21N3OS/c1-15-12(3-6-13-15)11(9-16-2)14-10-4-7-17-8-5-10/h3,6,10-11,14H,4-5,7-9H2,1-2H3/t11-/m0/s1. The number of hydrogen-bond acceptors (Lipinski definition) is 4. The molecule has 1 N–H and O–H groups in total. The van der Waals surface area contributed by atoms with Gasteiger partial charge in [-0.3, -0.25) is 4.68 Å². The Kier molecular flexibility index (Phi) is 4.88. The number of nitrogens with zero attached hydrogens (tertiary/aromatic N) is 2. The maximum atomic E-state index is 5.32. The molecule has 0 spiro atoms. The van der Waals surface area contributed by atoms with Crippen molar-refractivity contribution in [1.82, 2.24) is 15.1 Å². The molecule has 0 bridgehead atoms. The Morgan fingerprint density at radius 3 is 2.94 bits per heavy atom. The summed E-state index contributed by atoms with van der Waals surface area (Å²) in [5, 5.41) is 7.93. The minimum absolute atomic E-state index is 0.251. The van der Waals surface area contributed by atoms with Crippen molar-refractivity contribution in [3.63, 3.8) is 0 Å². The van der Waals surface area contributed by atoms with E-state index < -0.39 is 0 Å². The van der Waals surface area contributed by atoms with Gasteiger partial charge in [0.05, 0.1) is 18.3 Å². The van der Waals surface area contributed by atoms with Gasteiger partial charge in [-0.15, -0.1) is 0 Å². The highest BCUT2D eigenvalue weighted by atomic mass is 32.2. The molecule has 2 heterocycles. The fourth-order valence-electron chi connectivity index (χ4n) is 2.26. The summed E-state index contributed by atoms with van der Waals surface area (Å²) in [4.78, 5) is 0. The van der Waals surface area contributed by atoms with Gasteiger partial charge in [0.25, 0.3) is 0 Å². The Bertz CT molecular complexity index is 336. The number of rotatable bonds is 5. The van der Waals surface area contributed by atoms with Gasteiger partial charge >= 0.3 is 0 Å². The van der Waals surface area contributed by atoms with Gasteiger partial charge in [0.15, 0.2) is 0 Å². The molecule has 1 fully saturated rings. The van der Waals surface area contributed by atoms with Crippen LogP contribution in [0.4, 0.5) is 0 Å². The first-order chi connectivity index (χ1) is 8.31. The maximum Gasteiger partial charge on any atom is 0.0731 e. The molecule has 0 aliphatic carbocycles. The van der Waals surface area contributed by atoms with Gasteiger partial charge < -0.3 is 10.1 Å². The number of nitrogens with one attached hydrogen (secondary N) is 1. The fourth-order valence-corrected chi connectivity index (χ4v) is 3.37. The van der Waals surface area contributed by atoms with Crippen molar-refractivity contribution < 1.29 is 4.74 Å². The quantitative estimate of drug-likeness (QED) is 0.867. The summed E-state index contributed by atoms with van der Waals surface area (Å²) in [6.45, 7) is 0.698. The lowest BCUT2D eigenvalue weighted by Crippen LogP contribution is -2.38. The van der Waals surface area contributed by atoms with Crippen molar-refractivity contribution in [2.24, 2.45) is 7.05 Å². The van der Waals surface area contributed by atoms with Crippen LogP contribution >= 0.6 is 11.8 Å². The van der Waals surface area contributed by atoms with Crippen LogP contribution in [0.15, 0.2) is 12.3 Å². The molecule has 1 atom stereocenters. The van der Waals surface area contributed by atoms with E-state index in [0.29, 0.717) is 12.6 Å². The lowest BCUT2D eigenvalue weighted by molar-refractivity contribution is 0.156. The van der Waals surface area contributed by atoms with Crippen LogP contribution < -0.4 is 5.32 Å². The van der Waals surface area contributed by atoms with E-state index in [1.165, 1.54) is 30.0 Å². The third-order valence-corrected chi connectivity index (χ3v) is 4.26. The van der Waals surface area contributed by atoms with Crippen LogP contribution in [0, 0.1) is 0 Å². The molecular formula is C12H21N3OS. The third-order valence-electron chi connectivity index (χ3n) is 3.21. The second-order valence-corrected chi connectivity index (χ2v) is 5.67. The largest absolute Gasteiger partial charge is 0.383 e. The minimum atomic E-state index is 0.251. The third kappa shape index (κ3) is 3.47. The number of ether oxygens (including phenoxy) is 1. The topological polar surface area (TPSA) is 39.1 Å². The summed E-state index contributed by atoms with van der Waals surface area (Å²) in [6.07, 6.45) is 4.35. The van der Waals surface area contributed by atoms with E-state index in [4.69, 9.17) is 4.74 Å². The van der Waals surface area contributed by atoms with Crippen molar-refractivity contribution in [2.45, 2.75) is 24.9 Å². The lowest BCUT2D eigenvalue weighted by Gasteiger charge is -2.28. The molecule has 0 amide bonds. The van der Waals surface area contributed by atoms with E-state index in [0.717, 1.165) is 0 Å². The second-order valence-electron chi connectivity index (χ2n) is 4.44. The number of aryl methyl sites for hydroxylation is 1. The van der Waals surface area contributed by atoms with Crippen LogP contribution in [0.5, 0.6) is 0 Å². The molecule has 0 aromatic carbocycles. The van der Waals surface area contributed by atoms with Gasteiger partial charge in [0.2, 0.25) is 0 Å². The molecule has 1 aliphatic heterocycles. The Labute approximate surface area is 107 Å². The monoisotopic (exact) mass is 255 g/mol. The molecule has 4 nitrogen and oxygen atoms in total. The first-order valence-electron chi connectivity index (χ1n) is 6.12. The Morgan fingerprint density at radius 1 is 1.59 bits per heavy atom. The van der Waals surface area contributed by atoms with Crippen molar-refractivity contribution in [2.75, 3.05) is 25.2 Å². The average molecular weight is 255 g/mol. The van der Waals surface area contributed by atoms with Crippen molar-refractivity contribution in [3.8, 4) is 0 Å². The van der Waals surface area contributed by atoms with E-state index in [9.17, 15) is 0 Å². The van der Waals surface area contributed by atoms with Crippen LogP contribution in [0.1, 0.15) is 24.6 Å². The van der Waals surface area contributed by atoms with Gasteiger partial charge in [-0.25, -0.2) is 0 Å². The van der Waals surface area contributed by atoms with Gasteiger partial charge in [0.1, 0.15) is 0 Å². The first-order valence-corrected chi connectivity index (χ1v) is 7.27. The Hall–Kier alpha value is -0.520. The molecule has 0 unspecified atom stereocenters. The molecule has 0 radical (unpaired) electrons. The smallest absolute Gasteiger partial charge is 0.0731 e. The minimum Gasteiger partial charge on any atom is -0.383 e.